The molecule has 2 aromatic heterocycles. The zero-order chi connectivity index (χ0) is 40.0. The fraction of sp³-hybridized carbons (Fsp3) is 0.0536. The van der Waals surface area contributed by atoms with Gasteiger partial charge in [0.1, 0.15) is 0 Å². The smallest absolute Gasteiger partial charge is 0.164 e. The van der Waals surface area contributed by atoms with Gasteiger partial charge < -0.3 is 4.57 Å². The van der Waals surface area contributed by atoms with Crippen molar-refractivity contribution in [2.45, 2.75) is 19.3 Å². The van der Waals surface area contributed by atoms with Gasteiger partial charge in [0.25, 0.3) is 0 Å². The Balaban J connectivity index is 0.971. The third-order valence-corrected chi connectivity index (χ3v) is 12.6. The second kappa shape index (κ2) is 13.2. The van der Waals surface area contributed by atoms with Crippen molar-refractivity contribution in [1.29, 1.82) is 0 Å². The van der Waals surface area contributed by atoms with Crippen LogP contribution in [0.5, 0.6) is 0 Å². The van der Waals surface area contributed by atoms with Crippen LogP contribution < -0.4 is 0 Å². The predicted octanol–water partition coefficient (Wildman–Crippen LogP) is 14.2. The number of para-hydroxylation sites is 1. The predicted molar refractivity (Wildman–Crippen MR) is 248 cm³/mol. The summed E-state index contributed by atoms with van der Waals surface area (Å²) in [6.45, 7) is 4.85. The molecule has 60 heavy (non-hydrogen) atoms. The van der Waals surface area contributed by atoms with Crippen molar-refractivity contribution in [3.05, 3.63) is 205 Å². The SMILES string of the molecule is CC1(C)c2c(c3ccccc3c3ccccc23)-c2ccc3c4ccccc4n(-c4ccc(-c5ccc(-c6nc(-c7ccccc7)nc(-c7ccccc7)n6)cc5)cc4)c3c21. The summed E-state index contributed by atoms with van der Waals surface area (Å²) >= 11 is 0. The van der Waals surface area contributed by atoms with Gasteiger partial charge in [0.15, 0.2) is 17.5 Å². The Labute approximate surface area is 348 Å². The second-order valence-corrected chi connectivity index (χ2v) is 16.4. The van der Waals surface area contributed by atoms with E-state index in [0.717, 1.165) is 33.5 Å². The highest BCUT2D eigenvalue weighted by Crippen LogP contribution is 2.57. The van der Waals surface area contributed by atoms with E-state index in [-0.39, 0.29) is 5.41 Å². The van der Waals surface area contributed by atoms with Gasteiger partial charge >= 0.3 is 0 Å². The van der Waals surface area contributed by atoms with Gasteiger partial charge in [-0.25, -0.2) is 15.0 Å². The van der Waals surface area contributed by atoms with Crippen molar-refractivity contribution in [1.82, 2.24) is 19.5 Å². The highest BCUT2D eigenvalue weighted by atomic mass is 15.0. The molecule has 4 nitrogen and oxygen atoms in total. The maximum absolute atomic E-state index is 4.94. The average Bonchev–Trinajstić information content (AvgIpc) is 3.78. The number of fused-ring (bicyclic) bond motifs is 12. The van der Waals surface area contributed by atoms with Crippen LogP contribution in [0.15, 0.2) is 194 Å². The van der Waals surface area contributed by atoms with Gasteiger partial charge in [-0.1, -0.05) is 190 Å². The number of nitrogens with zero attached hydrogens (tertiary/aromatic N) is 4. The summed E-state index contributed by atoms with van der Waals surface area (Å²) in [5.41, 5.74) is 14.0. The summed E-state index contributed by atoms with van der Waals surface area (Å²) in [4.78, 5) is 14.8. The molecule has 0 atom stereocenters. The highest BCUT2D eigenvalue weighted by Gasteiger charge is 2.41. The first kappa shape index (κ1) is 34.4. The maximum atomic E-state index is 4.94. The molecule has 282 valence electrons. The molecule has 0 radical (unpaired) electrons. The van der Waals surface area contributed by atoms with Crippen molar-refractivity contribution in [2.75, 3.05) is 0 Å². The lowest BCUT2D eigenvalue weighted by Crippen LogP contribution is -2.17. The topological polar surface area (TPSA) is 43.6 Å². The van der Waals surface area contributed by atoms with Crippen LogP contribution in [0.1, 0.15) is 25.0 Å². The maximum Gasteiger partial charge on any atom is 0.164 e. The average molecular weight is 767 g/mol. The van der Waals surface area contributed by atoms with Gasteiger partial charge in [-0.15, -0.1) is 0 Å². The van der Waals surface area contributed by atoms with Crippen LogP contribution in [0.3, 0.4) is 0 Å². The lowest BCUT2D eigenvalue weighted by atomic mass is 9.78. The second-order valence-electron chi connectivity index (χ2n) is 16.4. The van der Waals surface area contributed by atoms with Crippen molar-refractivity contribution in [3.63, 3.8) is 0 Å². The fourth-order valence-corrected chi connectivity index (χ4v) is 9.91. The lowest BCUT2D eigenvalue weighted by Gasteiger charge is -2.25. The Hall–Kier alpha value is -7.69. The zero-order valence-corrected chi connectivity index (χ0v) is 33.3. The molecule has 12 rings (SSSR count). The summed E-state index contributed by atoms with van der Waals surface area (Å²) in [7, 11) is 0. The van der Waals surface area contributed by atoms with E-state index in [4.69, 9.17) is 15.0 Å². The van der Waals surface area contributed by atoms with Gasteiger partial charge in [-0.3, -0.25) is 0 Å². The molecule has 2 heterocycles. The minimum absolute atomic E-state index is 0.246. The lowest BCUT2D eigenvalue weighted by molar-refractivity contribution is 0.670. The standard InChI is InChI=1S/C56H38N4/c1-56(2)50-45-23-12-10-20-42(45)41-19-9-11-22-44(41)49(50)47-34-33-46-43-21-13-14-24-48(43)60(52(46)51(47)56)40-31-29-36(30-32-40)35-25-27-39(28-26-35)55-58-53(37-15-5-3-6-16-37)57-54(59-55)38-17-7-4-8-18-38/h3-34H,1-2H3. The van der Waals surface area contributed by atoms with Crippen molar-refractivity contribution < 1.29 is 0 Å². The Morgan fingerprint density at radius 3 is 1.40 bits per heavy atom. The Kier molecular flexibility index (Phi) is 7.54. The molecule has 9 aromatic carbocycles. The third kappa shape index (κ3) is 5.14. The summed E-state index contributed by atoms with van der Waals surface area (Å²) in [6, 6.07) is 69.3. The molecule has 0 amide bonds. The van der Waals surface area contributed by atoms with Gasteiger partial charge in [-0.2, -0.15) is 0 Å². The molecule has 0 saturated carbocycles. The Morgan fingerprint density at radius 2 is 0.800 bits per heavy atom. The van der Waals surface area contributed by atoms with E-state index in [2.05, 4.69) is 152 Å². The van der Waals surface area contributed by atoms with Crippen molar-refractivity contribution in [2.24, 2.45) is 0 Å². The summed E-state index contributed by atoms with van der Waals surface area (Å²) in [5, 5.41) is 7.82. The van der Waals surface area contributed by atoms with Gasteiger partial charge in [-0.05, 0) is 73.1 Å². The summed E-state index contributed by atoms with van der Waals surface area (Å²) < 4.78 is 2.50. The largest absolute Gasteiger partial charge is 0.309 e. The van der Waals surface area contributed by atoms with Gasteiger partial charge in [0, 0.05) is 38.6 Å². The molecule has 0 aliphatic heterocycles. The molecule has 0 fully saturated rings. The van der Waals surface area contributed by atoms with Crippen LogP contribution >= 0.6 is 0 Å². The molecular weight excluding hydrogens is 729 g/mol. The van der Waals surface area contributed by atoms with Crippen LogP contribution in [-0.2, 0) is 5.41 Å². The molecule has 0 N–H and O–H groups in total. The van der Waals surface area contributed by atoms with Crippen LogP contribution in [0.2, 0.25) is 0 Å². The highest BCUT2D eigenvalue weighted by molar-refractivity contribution is 6.21. The number of rotatable bonds is 5. The van der Waals surface area contributed by atoms with Crippen molar-refractivity contribution in [3.8, 4) is 62.1 Å². The number of aromatic nitrogens is 4. The van der Waals surface area contributed by atoms with Crippen LogP contribution in [-0.4, -0.2) is 19.5 Å². The van der Waals surface area contributed by atoms with Gasteiger partial charge in [0.2, 0.25) is 0 Å². The minimum Gasteiger partial charge on any atom is -0.309 e. The molecule has 1 aliphatic carbocycles. The molecule has 0 unspecified atom stereocenters. The third-order valence-electron chi connectivity index (χ3n) is 12.6. The minimum atomic E-state index is -0.246. The van der Waals surface area contributed by atoms with E-state index in [1.54, 1.807) is 0 Å². The van der Waals surface area contributed by atoms with Gasteiger partial charge in [0.05, 0.1) is 11.0 Å². The summed E-state index contributed by atoms with van der Waals surface area (Å²) in [6.07, 6.45) is 0. The fourth-order valence-electron chi connectivity index (χ4n) is 9.91. The number of benzene rings is 9. The van der Waals surface area contributed by atoms with E-state index in [1.807, 2.05) is 60.7 Å². The number of hydrogen-bond donors (Lipinski definition) is 0. The molecule has 0 bridgehead atoms. The van der Waals surface area contributed by atoms with Crippen LogP contribution in [0.25, 0.3) is 105 Å². The first-order valence-electron chi connectivity index (χ1n) is 20.6. The van der Waals surface area contributed by atoms with Crippen molar-refractivity contribution >= 4 is 43.4 Å². The van der Waals surface area contributed by atoms with E-state index >= 15 is 0 Å². The molecule has 1 aliphatic rings. The van der Waals surface area contributed by atoms with Crippen LogP contribution in [0, 0.1) is 0 Å². The molecule has 11 aromatic rings. The van der Waals surface area contributed by atoms with E-state index < -0.39 is 0 Å². The normalized spacial score (nSPS) is 13.0. The molecular formula is C56H38N4. The van der Waals surface area contributed by atoms with E-state index in [9.17, 15) is 0 Å². The monoisotopic (exact) mass is 766 g/mol. The Bertz CT molecular complexity index is 3420. The summed E-state index contributed by atoms with van der Waals surface area (Å²) in [5.74, 6) is 1.96. The molecule has 0 spiro atoms. The van der Waals surface area contributed by atoms with E-state index in [1.165, 1.54) is 65.6 Å². The molecule has 4 heteroatoms. The first-order chi connectivity index (χ1) is 29.5. The number of hydrogen-bond acceptors (Lipinski definition) is 3. The first-order valence-corrected chi connectivity index (χ1v) is 20.6. The van der Waals surface area contributed by atoms with E-state index in [0.29, 0.717) is 17.5 Å². The quantitative estimate of drug-likeness (QED) is 0.164. The zero-order valence-electron chi connectivity index (χ0n) is 33.3. The molecule has 0 saturated heterocycles. The Morgan fingerprint density at radius 1 is 0.350 bits per heavy atom. The van der Waals surface area contributed by atoms with Crippen LogP contribution in [0.4, 0.5) is 0 Å².